The Balaban J connectivity index is 1.76. The number of ether oxygens (including phenoxy) is 1. The van der Waals surface area contributed by atoms with Crippen molar-refractivity contribution in [3.05, 3.63) is 65.5 Å². The number of nitrogens with one attached hydrogen (secondary N) is 1. The predicted molar refractivity (Wildman–Crippen MR) is 93.6 cm³/mol. The molecule has 1 amide bonds. The van der Waals surface area contributed by atoms with Crippen molar-refractivity contribution in [3.63, 3.8) is 0 Å². The van der Waals surface area contributed by atoms with Gasteiger partial charge in [0, 0.05) is 6.54 Å². The molecular formula is C20H24FNO2. The second kappa shape index (κ2) is 9.06. The van der Waals surface area contributed by atoms with Crippen molar-refractivity contribution in [1.82, 2.24) is 5.32 Å². The van der Waals surface area contributed by atoms with Crippen LogP contribution < -0.4 is 10.1 Å². The number of carbonyl (C=O) groups is 1. The van der Waals surface area contributed by atoms with Crippen molar-refractivity contribution in [2.75, 3.05) is 6.54 Å². The second-order valence-electron chi connectivity index (χ2n) is 5.85. The first-order chi connectivity index (χ1) is 11.6. The Morgan fingerprint density at radius 2 is 1.96 bits per heavy atom. The van der Waals surface area contributed by atoms with Gasteiger partial charge in [0.05, 0.1) is 0 Å². The first kappa shape index (κ1) is 18.0. The van der Waals surface area contributed by atoms with Gasteiger partial charge in [0.25, 0.3) is 5.91 Å². The Labute approximate surface area is 142 Å². The molecule has 0 saturated heterocycles. The van der Waals surface area contributed by atoms with Gasteiger partial charge in [0.1, 0.15) is 11.6 Å². The molecule has 2 aromatic carbocycles. The molecule has 1 N–H and O–H groups in total. The Bertz CT molecular complexity index is 655. The van der Waals surface area contributed by atoms with E-state index in [1.807, 2.05) is 13.0 Å². The molecule has 0 unspecified atom stereocenters. The highest BCUT2D eigenvalue weighted by Crippen LogP contribution is 2.14. The van der Waals surface area contributed by atoms with Crippen molar-refractivity contribution in [2.45, 2.75) is 39.2 Å². The molecule has 3 nitrogen and oxygen atoms in total. The summed E-state index contributed by atoms with van der Waals surface area (Å²) in [4.78, 5) is 12.2. The summed E-state index contributed by atoms with van der Waals surface area (Å²) in [5, 5.41) is 2.91. The third-order valence-corrected chi connectivity index (χ3v) is 3.78. The van der Waals surface area contributed by atoms with Gasteiger partial charge in [-0.15, -0.1) is 0 Å². The van der Waals surface area contributed by atoms with Crippen molar-refractivity contribution < 1.29 is 13.9 Å². The molecule has 24 heavy (non-hydrogen) atoms. The zero-order chi connectivity index (χ0) is 17.4. The molecule has 0 heterocycles. The maximum Gasteiger partial charge on any atom is 0.261 e. The van der Waals surface area contributed by atoms with Crippen LogP contribution in [-0.4, -0.2) is 18.6 Å². The van der Waals surface area contributed by atoms with Gasteiger partial charge in [-0.05, 0) is 56.0 Å². The molecule has 2 rings (SSSR count). The van der Waals surface area contributed by atoms with Crippen LogP contribution in [0.2, 0.25) is 0 Å². The van der Waals surface area contributed by atoms with E-state index in [4.69, 9.17) is 4.74 Å². The highest BCUT2D eigenvalue weighted by atomic mass is 19.1. The van der Waals surface area contributed by atoms with Crippen LogP contribution in [0, 0.1) is 12.7 Å². The van der Waals surface area contributed by atoms with E-state index in [2.05, 4.69) is 30.4 Å². The van der Waals surface area contributed by atoms with Crippen LogP contribution in [0.1, 0.15) is 30.9 Å². The maximum absolute atomic E-state index is 12.9. The second-order valence-corrected chi connectivity index (χ2v) is 5.85. The van der Waals surface area contributed by atoms with Gasteiger partial charge in [-0.3, -0.25) is 4.79 Å². The van der Waals surface area contributed by atoms with Crippen molar-refractivity contribution >= 4 is 5.91 Å². The molecular weight excluding hydrogens is 305 g/mol. The van der Waals surface area contributed by atoms with E-state index in [0.717, 1.165) is 12.8 Å². The highest BCUT2D eigenvalue weighted by molar-refractivity contribution is 5.81. The molecule has 0 aliphatic heterocycles. The average molecular weight is 329 g/mol. The smallest absolute Gasteiger partial charge is 0.261 e. The lowest BCUT2D eigenvalue weighted by Gasteiger charge is -2.17. The number of amides is 1. The summed E-state index contributed by atoms with van der Waals surface area (Å²) in [7, 11) is 0. The predicted octanol–water partition coefficient (Wildman–Crippen LogP) is 4.04. The van der Waals surface area contributed by atoms with Crippen LogP contribution in [0.4, 0.5) is 4.39 Å². The van der Waals surface area contributed by atoms with Gasteiger partial charge in [-0.1, -0.05) is 36.8 Å². The Morgan fingerprint density at radius 3 is 2.62 bits per heavy atom. The minimum absolute atomic E-state index is 0.133. The zero-order valence-electron chi connectivity index (χ0n) is 14.2. The number of rotatable bonds is 8. The number of halogens is 1. The molecule has 0 saturated carbocycles. The van der Waals surface area contributed by atoms with Crippen LogP contribution in [0.25, 0.3) is 0 Å². The number of hydrogen-bond donors (Lipinski definition) is 1. The first-order valence-corrected chi connectivity index (χ1v) is 8.34. The summed E-state index contributed by atoms with van der Waals surface area (Å²) >= 11 is 0. The summed E-state index contributed by atoms with van der Waals surface area (Å²) in [6.07, 6.45) is 1.80. The zero-order valence-corrected chi connectivity index (χ0v) is 14.2. The van der Waals surface area contributed by atoms with E-state index in [1.165, 1.54) is 35.4 Å². The third-order valence-electron chi connectivity index (χ3n) is 3.78. The van der Waals surface area contributed by atoms with Gasteiger partial charge in [0.15, 0.2) is 6.10 Å². The van der Waals surface area contributed by atoms with Crippen LogP contribution in [0.15, 0.2) is 48.5 Å². The first-order valence-electron chi connectivity index (χ1n) is 8.34. The molecule has 0 spiro atoms. The van der Waals surface area contributed by atoms with Crippen LogP contribution in [-0.2, 0) is 11.2 Å². The van der Waals surface area contributed by atoms with Gasteiger partial charge in [-0.2, -0.15) is 0 Å². The lowest BCUT2D eigenvalue weighted by molar-refractivity contribution is -0.128. The van der Waals surface area contributed by atoms with Crippen molar-refractivity contribution in [3.8, 4) is 5.75 Å². The lowest BCUT2D eigenvalue weighted by atomic mass is 10.1. The fourth-order valence-electron chi connectivity index (χ4n) is 2.49. The van der Waals surface area contributed by atoms with Crippen LogP contribution in [0.3, 0.4) is 0 Å². The topological polar surface area (TPSA) is 38.3 Å². The van der Waals surface area contributed by atoms with Crippen LogP contribution >= 0.6 is 0 Å². The molecule has 0 bridgehead atoms. The van der Waals surface area contributed by atoms with Crippen molar-refractivity contribution in [2.24, 2.45) is 0 Å². The lowest BCUT2D eigenvalue weighted by Crippen LogP contribution is -2.38. The summed E-state index contributed by atoms with van der Waals surface area (Å²) in [6, 6.07) is 14.1. The number of carbonyl (C=O) groups excluding carboxylic acids is 1. The fraction of sp³-hybridized carbons (Fsp3) is 0.350. The molecule has 0 aliphatic carbocycles. The number of hydrogen-bond acceptors (Lipinski definition) is 2. The minimum Gasteiger partial charge on any atom is -0.481 e. The Hall–Kier alpha value is -2.36. The van der Waals surface area contributed by atoms with Crippen LogP contribution in [0.5, 0.6) is 5.75 Å². The Kier molecular flexibility index (Phi) is 6.79. The molecule has 1 atom stereocenters. The van der Waals surface area contributed by atoms with Gasteiger partial charge >= 0.3 is 0 Å². The van der Waals surface area contributed by atoms with Crippen molar-refractivity contribution in [1.29, 1.82) is 0 Å². The highest BCUT2D eigenvalue weighted by Gasteiger charge is 2.17. The SMILES string of the molecule is CC[C@@H](Oc1ccc(F)cc1)C(=O)NCCCc1cccc(C)c1. The molecule has 0 aromatic heterocycles. The molecule has 128 valence electrons. The average Bonchev–Trinajstić information content (AvgIpc) is 2.58. The maximum atomic E-state index is 12.9. The van der Waals surface area contributed by atoms with Gasteiger partial charge < -0.3 is 10.1 Å². The van der Waals surface area contributed by atoms with E-state index >= 15 is 0 Å². The molecule has 0 aliphatic rings. The normalized spacial score (nSPS) is 11.8. The fourth-order valence-corrected chi connectivity index (χ4v) is 2.49. The standard InChI is InChI=1S/C20H24FNO2/c1-3-19(24-18-11-9-17(21)10-12-18)20(23)22-13-5-8-16-7-4-6-15(2)14-16/h4,6-7,9-12,14,19H,3,5,8,13H2,1-2H3,(H,22,23)/t19-/m1/s1. The quantitative estimate of drug-likeness (QED) is 0.742. The third kappa shape index (κ3) is 5.69. The van der Waals surface area contributed by atoms with Gasteiger partial charge in [0.2, 0.25) is 0 Å². The van der Waals surface area contributed by atoms with E-state index in [0.29, 0.717) is 18.7 Å². The molecule has 4 heteroatoms. The van der Waals surface area contributed by atoms with E-state index < -0.39 is 6.10 Å². The number of benzene rings is 2. The molecule has 0 fully saturated rings. The summed E-state index contributed by atoms with van der Waals surface area (Å²) in [5.41, 5.74) is 2.52. The van der Waals surface area contributed by atoms with E-state index in [1.54, 1.807) is 0 Å². The summed E-state index contributed by atoms with van der Waals surface area (Å²) < 4.78 is 18.5. The molecule has 2 aromatic rings. The largest absolute Gasteiger partial charge is 0.481 e. The molecule has 0 radical (unpaired) electrons. The van der Waals surface area contributed by atoms with E-state index in [9.17, 15) is 9.18 Å². The summed E-state index contributed by atoms with van der Waals surface area (Å²) in [5.74, 6) is 0.0419. The van der Waals surface area contributed by atoms with E-state index in [-0.39, 0.29) is 11.7 Å². The monoisotopic (exact) mass is 329 g/mol. The van der Waals surface area contributed by atoms with Gasteiger partial charge in [-0.25, -0.2) is 4.39 Å². The minimum atomic E-state index is -0.561. The Morgan fingerprint density at radius 1 is 1.21 bits per heavy atom. The number of aryl methyl sites for hydroxylation is 2. The summed E-state index contributed by atoms with van der Waals surface area (Å²) in [6.45, 7) is 4.57.